The molecule has 0 aliphatic carbocycles. The van der Waals surface area contributed by atoms with Crippen LogP contribution in [0, 0.1) is 0 Å². The lowest BCUT2D eigenvalue weighted by atomic mass is 10.1. The molecule has 31 heavy (non-hydrogen) atoms. The zero-order valence-electron chi connectivity index (χ0n) is 17.1. The van der Waals surface area contributed by atoms with Gasteiger partial charge in [0.2, 0.25) is 0 Å². The standard InChI is InChI=1S/C21H23FN6O3/c1-31-9-8-24-20(29)18-13-27(26-25-18)12-16-10-15(22)11-28(16)21(30)19-17-5-3-2-4-14(17)6-7-23-19/h2-7,13,15-16H,8-12H2,1H3,(H,24,29)/t15-,16-/m0/s1. The Labute approximate surface area is 178 Å². The number of hydrogen-bond acceptors (Lipinski definition) is 6. The fraction of sp³-hybridized carbons (Fsp3) is 0.381. The number of halogens is 1. The average Bonchev–Trinajstić information content (AvgIpc) is 3.39. The molecule has 1 aliphatic heterocycles. The van der Waals surface area contributed by atoms with Crippen LogP contribution in [0.25, 0.3) is 10.8 Å². The summed E-state index contributed by atoms with van der Waals surface area (Å²) in [5, 5.41) is 12.1. The van der Waals surface area contributed by atoms with E-state index in [1.165, 1.54) is 15.8 Å². The number of benzene rings is 1. The summed E-state index contributed by atoms with van der Waals surface area (Å²) in [6.45, 7) is 0.969. The highest BCUT2D eigenvalue weighted by atomic mass is 19.1. The van der Waals surface area contributed by atoms with E-state index in [0.29, 0.717) is 18.8 Å². The topological polar surface area (TPSA) is 102 Å². The zero-order valence-corrected chi connectivity index (χ0v) is 17.1. The van der Waals surface area contributed by atoms with Crippen molar-refractivity contribution in [1.82, 2.24) is 30.2 Å². The molecular formula is C21H23FN6O3. The molecule has 0 bridgehead atoms. The predicted octanol–water partition coefficient (Wildman–Crippen LogP) is 1.46. The van der Waals surface area contributed by atoms with Gasteiger partial charge in [-0.2, -0.15) is 0 Å². The van der Waals surface area contributed by atoms with Crippen molar-refractivity contribution in [3.63, 3.8) is 0 Å². The summed E-state index contributed by atoms with van der Waals surface area (Å²) in [5.41, 5.74) is 0.452. The number of amides is 2. The van der Waals surface area contributed by atoms with E-state index in [0.717, 1.165) is 10.8 Å². The third-order valence-corrected chi connectivity index (χ3v) is 5.26. The first kappa shape index (κ1) is 20.9. The number of nitrogens with one attached hydrogen (secondary N) is 1. The number of nitrogens with zero attached hydrogens (tertiary/aromatic N) is 5. The monoisotopic (exact) mass is 426 g/mol. The lowest BCUT2D eigenvalue weighted by molar-refractivity contribution is 0.0710. The van der Waals surface area contributed by atoms with Crippen LogP contribution in [-0.2, 0) is 11.3 Å². The van der Waals surface area contributed by atoms with E-state index in [-0.39, 0.29) is 37.0 Å². The SMILES string of the molecule is COCCNC(=O)c1cn(C[C@@H]2C[C@H](F)CN2C(=O)c2nccc3ccccc23)nn1. The molecule has 162 valence electrons. The van der Waals surface area contributed by atoms with Crippen LogP contribution in [0.1, 0.15) is 27.4 Å². The van der Waals surface area contributed by atoms with Crippen LogP contribution in [0.15, 0.2) is 42.7 Å². The molecule has 2 aromatic heterocycles. The number of ether oxygens (including phenoxy) is 1. The quantitative estimate of drug-likeness (QED) is 0.574. The van der Waals surface area contributed by atoms with Gasteiger partial charge in [0.05, 0.1) is 31.9 Å². The zero-order chi connectivity index (χ0) is 21.8. The second-order valence-corrected chi connectivity index (χ2v) is 7.40. The number of aromatic nitrogens is 4. The number of likely N-dealkylation sites (tertiary alicyclic amines) is 1. The highest BCUT2D eigenvalue weighted by Gasteiger charge is 2.37. The Morgan fingerprint density at radius 1 is 1.29 bits per heavy atom. The Morgan fingerprint density at radius 3 is 2.97 bits per heavy atom. The van der Waals surface area contributed by atoms with Gasteiger partial charge in [0.25, 0.3) is 11.8 Å². The molecule has 2 amide bonds. The number of fused-ring (bicyclic) bond motifs is 1. The van der Waals surface area contributed by atoms with Gasteiger partial charge in [-0.1, -0.05) is 29.5 Å². The highest BCUT2D eigenvalue weighted by molar-refractivity contribution is 6.05. The van der Waals surface area contributed by atoms with E-state index in [1.807, 2.05) is 30.3 Å². The van der Waals surface area contributed by atoms with Crippen molar-refractivity contribution >= 4 is 22.6 Å². The van der Waals surface area contributed by atoms with Gasteiger partial charge in [-0.05, 0) is 11.5 Å². The smallest absolute Gasteiger partial charge is 0.273 e. The summed E-state index contributed by atoms with van der Waals surface area (Å²) in [4.78, 5) is 31.1. The van der Waals surface area contributed by atoms with Gasteiger partial charge in [0.15, 0.2) is 5.69 Å². The number of methoxy groups -OCH3 is 1. The highest BCUT2D eigenvalue weighted by Crippen LogP contribution is 2.26. The molecule has 0 unspecified atom stereocenters. The van der Waals surface area contributed by atoms with Gasteiger partial charge < -0.3 is 15.0 Å². The van der Waals surface area contributed by atoms with Crippen molar-refractivity contribution in [2.24, 2.45) is 0 Å². The Hall–Kier alpha value is -3.40. The summed E-state index contributed by atoms with van der Waals surface area (Å²) in [6.07, 6.45) is 2.13. The number of carbonyl (C=O) groups excluding carboxylic acids is 2. The number of pyridine rings is 1. The molecule has 0 saturated carbocycles. The first-order chi connectivity index (χ1) is 15.1. The summed E-state index contributed by atoms with van der Waals surface area (Å²) in [7, 11) is 1.54. The van der Waals surface area contributed by atoms with Crippen LogP contribution in [0.3, 0.4) is 0 Å². The van der Waals surface area contributed by atoms with E-state index in [1.54, 1.807) is 13.3 Å². The molecule has 0 radical (unpaired) electrons. The minimum absolute atomic E-state index is 0.00649. The Kier molecular flexibility index (Phi) is 6.17. The fourth-order valence-electron chi connectivity index (χ4n) is 3.77. The number of alkyl halides is 1. The summed E-state index contributed by atoms with van der Waals surface area (Å²) < 4.78 is 20.6. The largest absolute Gasteiger partial charge is 0.383 e. The van der Waals surface area contributed by atoms with E-state index in [2.05, 4.69) is 20.6 Å². The van der Waals surface area contributed by atoms with E-state index < -0.39 is 12.2 Å². The molecule has 1 aromatic carbocycles. The second kappa shape index (κ2) is 9.17. The molecule has 1 N–H and O–H groups in total. The van der Waals surface area contributed by atoms with Gasteiger partial charge in [0, 0.05) is 31.7 Å². The molecular weight excluding hydrogens is 403 g/mol. The lowest BCUT2D eigenvalue weighted by Gasteiger charge is -2.24. The molecule has 3 heterocycles. The molecule has 1 fully saturated rings. The average molecular weight is 426 g/mol. The molecule has 0 spiro atoms. The van der Waals surface area contributed by atoms with Crippen LogP contribution in [0.4, 0.5) is 4.39 Å². The van der Waals surface area contributed by atoms with Crippen molar-refractivity contribution in [2.45, 2.75) is 25.2 Å². The van der Waals surface area contributed by atoms with Gasteiger partial charge in [0.1, 0.15) is 11.9 Å². The van der Waals surface area contributed by atoms with Gasteiger partial charge in [-0.15, -0.1) is 5.10 Å². The van der Waals surface area contributed by atoms with E-state index >= 15 is 0 Å². The predicted molar refractivity (Wildman–Crippen MR) is 110 cm³/mol. The minimum atomic E-state index is -1.13. The summed E-state index contributed by atoms with van der Waals surface area (Å²) in [6, 6.07) is 8.88. The number of rotatable bonds is 7. The lowest BCUT2D eigenvalue weighted by Crippen LogP contribution is -2.39. The first-order valence-electron chi connectivity index (χ1n) is 10.0. The maximum absolute atomic E-state index is 14.3. The van der Waals surface area contributed by atoms with Gasteiger partial charge >= 0.3 is 0 Å². The van der Waals surface area contributed by atoms with Crippen molar-refractivity contribution < 1.29 is 18.7 Å². The van der Waals surface area contributed by atoms with Gasteiger partial charge in [-0.25, -0.2) is 9.07 Å². The molecule has 1 aliphatic rings. The van der Waals surface area contributed by atoms with Crippen molar-refractivity contribution in [3.05, 3.63) is 54.1 Å². The Bertz CT molecular complexity index is 1080. The summed E-state index contributed by atoms with van der Waals surface area (Å²) >= 11 is 0. The van der Waals surface area contributed by atoms with Crippen LogP contribution in [0.5, 0.6) is 0 Å². The first-order valence-corrected chi connectivity index (χ1v) is 10.0. The molecule has 1 saturated heterocycles. The van der Waals surface area contributed by atoms with Crippen LogP contribution >= 0.6 is 0 Å². The third-order valence-electron chi connectivity index (χ3n) is 5.26. The number of carbonyl (C=O) groups is 2. The second-order valence-electron chi connectivity index (χ2n) is 7.40. The fourth-order valence-corrected chi connectivity index (χ4v) is 3.77. The van der Waals surface area contributed by atoms with E-state index in [9.17, 15) is 14.0 Å². The molecule has 3 aromatic rings. The number of hydrogen-bond donors (Lipinski definition) is 1. The van der Waals surface area contributed by atoms with Crippen molar-refractivity contribution in [3.8, 4) is 0 Å². The van der Waals surface area contributed by atoms with E-state index in [4.69, 9.17) is 4.74 Å². The third kappa shape index (κ3) is 4.53. The Morgan fingerprint density at radius 2 is 2.13 bits per heavy atom. The Balaban J connectivity index is 1.50. The normalized spacial score (nSPS) is 18.5. The maximum Gasteiger partial charge on any atom is 0.273 e. The van der Waals surface area contributed by atoms with Crippen LogP contribution in [-0.4, -0.2) is 75.7 Å². The van der Waals surface area contributed by atoms with Crippen LogP contribution < -0.4 is 5.32 Å². The molecule has 10 heteroatoms. The molecule has 2 atom stereocenters. The van der Waals surface area contributed by atoms with Crippen molar-refractivity contribution in [2.75, 3.05) is 26.8 Å². The molecule has 9 nitrogen and oxygen atoms in total. The van der Waals surface area contributed by atoms with Gasteiger partial charge in [-0.3, -0.25) is 14.6 Å². The minimum Gasteiger partial charge on any atom is -0.383 e. The maximum atomic E-state index is 14.3. The summed E-state index contributed by atoms with van der Waals surface area (Å²) in [5.74, 6) is -0.689. The van der Waals surface area contributed by atoms with Crippen LogP contribution in [0.2, 0.25) is 0 Å². The molecule has 4 rings (SSSR count). The van der Waals surface area contributed by atoms with Crippen molar-refractivity contribution in [1.29, 1.82) is 0 Å².